The number of Topliss-reactive ketones (excluding diaryl/α,β-unsaturated/α-hetero) is 1. The molecule has 1 unspecified atom stereocenters. The van der Waals surface area contributed by atoms with Crippen molar-refractivity contribution in [1.82, 2.24) is 20.2 Å². The van der Waals surface area contributed by atoms with E-state index >= 15 is 4.39 Å². The van der Waals surface area contributed by atoms with Crippen molar-refractivity contribution in [3.63, 3.8) is 0 Å². The van der Waals surface area contributed by atoms with Crippen LogP contribution in [0.2, 0.25) is 0 Å². The van der Waals surface area contributed by atoms with Crippen LogP contribution in [0.15, 0.2) is 30.3 Å². The third-order valence-corrected chi connectivity index (χ3v) is 5.35. The van der Waals surface area contributed by atoms with E-state index in [2.05, 4.69) is 22.3 Å². The number of carbonyl (C=O) groups is 1. The normalized spacial score (nSPS) is 13.3. The van der Waals surface area contributed by atoms with Gasteiger partial charge in [-0.05, 0) is 11.6 Å². The number of ketones is 1. The first-order valence-electron chi connectivity index (χ1n) is 11.2. The van der Waals surface area contributed by atoms with Gasteiger partial charge in [-0.3, -0.25) is 4.79 Å². The Morgan fingerprint density at radius 3 is 2.10 bits per heavy atom. The third-order valence-electron chi connectivity index (χ3n) is 5.35. The number of rotatable bonds is 15. The zero-order valence-corrected chi connectivity index (χ0v) is 17.9. The molecule has 0 fully saturated rings. The second kappa shape index (κ2) is 12.5. The number of benzene rings is 1. The van der Waals surface area contributed by atoms with Crippen molar-refractivity contribution in [2.75, 3.05) is 0 Å². The van der Waals surface area contributed by atoms with Crippen LogP contribution < -0.4 is 0 Å². The molecule has 1 aromatic heterocycles. The summed E-state index contributed by atoms with van der Waals surface area (Å²) in [5, 5.41) is 12.1. The zero-order chi connectivity index (χ0) is 21.0. The van der Waals surface area contributed by atoms with Crippen molar-refractivity contribution < 1.29 is 9.18 Å². The van der Waals surface area contributed by atoms with E-state index in [9.17, 15) is 4.79 Å². The molecule has 2 rings (SSSR count). The van der Waals surface area contributed by atoms with Crippen LogP contribution in [0.25, 0.3) is 0 Å². The third kappa shape index (κ3) is 6.72. The maximum Gasteiger partial charge on any atom is 0.256 e. The van der Waals surface area contributed by atoms with Gasteiger partial charge in [0, 0.05) is 12.0 Å². The van der Waals surface area contributed by atoms with E-state index in [1.807, 2.05) is 0 Å². The largest absolute Gasteiger partial charge is 0.295 e. The Labute approximate surface area is 174 Å². The second-order valence-electron chi connectivity index (χ2n) is 7.69. The standard InChI is InChI=1S/C23H35FN4O/c1-3-5-6-7-8-9-10-11-12-16-19-28-26-22(25-27-28)23(24,21(29)4-2)20-17-14-13-15-18-20/h13-15,17-18H,3-12,16,19H2,1-2H3. The number of hydrogen-bond acceptors (Lipinski definition) is 4. The molecule has 0 saturated heterocycles. The number of aromatic nitrogens is 4. The van der Waals surface area contributed by atoms with Crippen molar-refractivity contribution in [3.8, 4) is 0 Å². The average molecular weight is 403 g/mol. The molecule has 6 heteroatoms. The summed E-state index contributed by atoms with van der Waals surface area (Å²) in [5.74, 6) is -0.718. The van der Waals surface area contributed by atoms with E-state index in [1.165, 1.54) is 56.2 Å². The molecule has 5 nitrogen and oxygen atoms in total. The molecule has 0 aliphatic rings. The van der Waals surface area contributed by atoms with Crippen LogP contribution in [0.3, 0.4) is 0 Å². The summed E-state index contributed by atoms with van der Waals surface area (Å²) in [6.07, 6.45) is 12.5. The fraction of sp³-hybridized carbons (Fsp3) is 0.652. The fourth-order valence-electron chi connectivity index (χ4n) is 3.54. The maximum atomic E-state index is 15.8. The Balaban J connectivity index is 1.81. The summed E-state index contributed by atoms with van der Waals surface area (Å²) < 4.78 is 15.8. The summed E-state index contributed by atoms with van der Waals surface area (Å²) in [6, 6.07) is 8.39. The molecule has 1 aromatic carbocycles. The van der Waals surface area contributed by atoms with Gasteiger partial charge in [-0.2, -0.15) is 4.80 Å². The summed E-state index contributed by atoms with van der Waals surface area (Å²) in [4.78, 5) is 13.8. The van der Waals surface area contributed by atoms with Crippen molar-refractivity contribution in [2.45, 2.75) is 96.7 Å². The van der Waals surface area contributed by atoms with Gasteiger partial charge in [0.1, 0.15) is 0 Å². The van der Waals surface area contributed by atoms with Gasteiger partial charge in [-0.1, -0.05) is 102 Å². The molecule has 29 heavy (non-hydrogen) atoms. The number of nitrogens with zero attached hydrogens (tertiary/aromatic N) is 4. The number of tetrazole rings is 1. The summed E-state index contributed by atoms with van der Waals surface area (Å²) in [6.45, 7) is 4.48. The zero-order valence-electron chi connectivity index (χ0n) is 17.9. The van der Waals surface area contributed by atoms with Crippen LogP contribution in [0.5, 0.6) is 0 Å². The molecule has 0 radical (unpaired) electrons. The molecule has 160 valence electrons. The first-order chi connectivity index (χ1) is 14.1. The SMILES string of the molecule is CCCCCCCCCCCCn1nnc(C(F)(C(=O)CC)c2ccccc2)n1. The van der Waals surface area contributed by atoms with E-state index in [4.69, 9.17) is 0 Å². The first-order valence-corrected chi connectivity index (χ1v) is 11.2. The second-order valence-corrected chi connectivity index (χ2v) is 7.69. The summed E-state index contributed by atoms with van der Waals surface area (Å²) >= 11 is 0. The Kier molecular flexibility index (Phi) is 9.95. The van der Waals surface area contributed by atoms with Crippen LogP contribution in [0.4, 0.5) is 4.39 Å². The lowest BCUT2D eigenvalue weighted by molar-refractivity contribution is -0.128. The fourth-order valence-corrected chi connectivity index (χ4v) is 3.54. The highest BCUT2D eigenvalue weighted by Gasteiger charge is 2.45. The number of alkyl halides is 1. The van der Waals surface area contributed by atoms with Gasteiger partial charge < -0.3 is 0 Å². The van der Waals surface area contributed by atoms with Gasteiger partial charge in [0.2, 0.25) is 5.82 Å². The van der Waals surface area contributed by atoms with Crippen molar-refractivity contribution in [3.05, 3.63) is 41.7 Å². The highest BCUT2D eigenvalue weighted by atomic mass is 19.1. The minimum Gasteiger partial charge on any atom is -0.295 e. The highest BCUT2D eigenvalue weighted by Crippen LogP contribution is 2.33. The van der Waals surface area contributed by atoms with Gasteiger partial charge in [-0.25, -0.2) is 4.39 Å². The number of halogens is 1. The molecule has 2 aromatic rings. The van der Waals surface area contributed by atoms with Gasteiger partial charge in [0.15, 0.2) is 5.78 Å². The Morgan fingerprint density at radius 1 is 0.931 bits per heavy atom. The lowest BCUT2D eigenvalue weighted by Gasteiger charge is -2.20. The quantitative estimate of drug-likeness (QED) is 0.354. The molecule has 1 atom stereocenters. The summed E-state index contributed by atoms with van der Waals surface area (Å²) in [5.41, 5.74) is -2.09. The van der Waals surface area contributed by atoms with Crippen LogP contribution in [0.1, 0.15) is 95.9 Å². The Morgan fingerprint density at radius 2 is 1.52 bits per heavy atom. The molecular formula is C23H35FN4O. The number of aryl methyl sites for hydroxylation is 1. The first kappa shape index (κ1) is 23.2. The smallest absolute Gasteiger partial charge is 0.256 e. The van der Waals surface area contributed by atoms with Gasteiger partial charge in [-0.15, -0.1) is 10.2 Å². The highest BCUT2D eigenvalue weighted by molar-refractivity contribution is 5.90. The average Bonchev–Trinajstić information content (AvgIpc) is 3.24. The number of unbranched alkanes of at least 4 members (excludes halogenated alkanes) is 9. The van der Waals surface area contributed by atoms with Gasteiger partial charge in [0.05, 0.1) is 6.54 Å². The lowest BCUT2D eigenvalue weighted by Crippen LogP contribution is -2.33. The Hall–Kier alpha value is -2.11. The van der Waals surface area contributed by atoms with E-state index in [1.54, 1.807) is 37.3 Å². The molecule has 0 spiro atoms. The van der Waals surface area contributed by atoms with Crippen LogP contribution >= 0.6 is 0 Å². The predicted octanol–water partition coefficient (Wildman–Crippen LogP) is 5.79. The minimum atomic E-state index is -2.34. The van der Waals surface area contributed by atoms with Crippen molar-refractivity contribution >= 4 is 5.78 Å². The van der Waals surface area contributed by atoms with Crippen molar-refractivity contribution in [2.24, 2.45) is 0 Å². The number of carbonyl (C=O) groups excluding carboxylic acids is 1. The molecule has 0 amide bonds. The van der Waals surface area contributed by atoms with Gasteiger partial charge in [0.25, 0.3) is 5.67 Å². The Bertz CT molecular complexity index is 719. The molecule has 1 heterocycles. The molecule has 0 saturated carbocycles. The topological polar surface area (TPSA) is 60.7 Å². The van der Waals surface area contributed by atoms with Crippen molar-refractivity contribution in [1.29, 1.82) is 0 Å². The molecule has 0 N–H and O–H groups in total. The number of hydrogen-bond donors (Lipinski definition) is 0. The maximum absolute atomic E-state index is 15.8. The van der Waals surface area contributed by atoms with Crippen LogP contribution in [0, 0.1) is 0 Å². The monoisotopic (exact) mass is 402 g/mol. The van der Waals surface area contributed by atoms with Gasteiger partial charge >= 0.3 is 0 Å². The predicted molar refractivity (Wildman–Crippen MR) is 113 cm³/mol. The van der Waals surface area contributed by atoms with E-state index in [-0.39, 0.29) is 17.8 Å². The minimum absolute atomic E-state index is 0.0678. The molecular weight excluding hydrogens is 367 g/mol. The summed E-state index contributed by atoms with van der Waals surface area (Å²) in [7, 11) is 0. The van der Waals surface area contributed by atoms with E-state index in [0.29, 0.717) is 6.54 Å². The van der Waals surface area contributed by atoms with E-state index < -0.39 is 11.5 Å². The molecule has 0 aliphatic heterocycles. The molecule has 0 bridgehead atoms. The van der Waals surface area contributed by atoms with Crippen LogP contribution in [-0.4, -0.2) is 26.0 Å². The lowest BCUT2D eigenvalue weighted by atomic mass is 9.89. The molecule has 0 aliphatic carbocycles. The van der Waals surface area contributed by atoms with E-state index in [0.717, 1.165) is 12.8 Å². The van der Waals surface area contributed by atoms with Crippen LogP contribution in [-0.2, 0) is 17.0 Å².